The number of anilines is 1. The van der Waals surface area contributed by atoms with Gasteiger partial charge in [-0.1, -0.05) is 28.1 Å². The first-order valence-electron chi connectivity index (χ1n) is 8.89. The first kappa shape index (κ1) is 19.8. The van der Waals surface area contributed by atoms with Gasteiger partial charge in [0.2, 0.25) is 0 Å². The lowest BCUT2D eigenvalue weighted by Gasteiger charge is -2.29. The number of hydrogen-bond donors (Lipinski definition) is 2. The molecule has 0 radical (unpaired) electrons. The maximum Gasteiger partial charge on any atom is 0.319 e. The summed E-state index contributed by atoms with van der Waals surface area (Å²) in [5.74, 6) is -1.18. The van der Waals surface area contributed by atoms with Gasteiger partial charge in [0.15, 0.2) is 0 Å². The summed E-state index contributed by atoms with van der Waals surface area (Å²) in [7, 11) is 0. The zero-order valence-electron chi connectivity index (χ0n) is 14.7. The minimum atomic E-state index is -0.588. The Bertz CT molecular complexity index is 775. The second-order valence-electron chi connectivity index (χ2n) is 6.59. The van der Waals surface area contributed by atoms with E-state index in [-0.39, 0.29) is 30.3 Å². The highest BCUT2D eigenvalue weighted by Crippen LogP contribution is 2.24. The minimum Gasteiger partial charge on any atom is -0.373 e. The van der Waals surface area contributed by atoms with Gasteiger partial charge in [-0.2, -0.15) is 0 Å². The lowest BCUT2D eigenvalue weighted by atomic mass is 9.93. The number of carbonyl (C=O) groups is 1. The Balaban J connectivity index is 1.41. The summed E-state index contributed by atoms with van der Waals surface area (Å²) in [5.41, 5.74) is 0.678. The van der Waals surface area contributed by atoms with Crippen LogP contribution in [0.3, 0.4) is 0 Å². The Morgan fingerprint density at radius 1 is 1.07 bits per heavy atom. The van der Waals surface area contributed by atoms with Crippen LogP contribution in [-0.4, -0.2) is 18.2 Å². The molecule has 7 heteroatoms. The van der Waals surface area contributed by atoms with Gasteiger partial charge in [0, 0.05) is 21.8 Å². The average Bonchev–Trinajstić information content (AvgIpc) is 2.62. The van der Waals surface area contributed by atoms with Crippen molar-refractivity contribution in [3.8, 4) is 0 Å². The summed E-state index contributed by atoms with van der Waals surface area (Å²) >= 11 is 3.37. The Morgan fingerprint density at radius 3 is 2.41 bits per heavy atom. The third kappa shape index (κ3) is 5.74. The molecule has 1 saturated carbocycles. The summed E-state index contributed by atoms with van der Waals surface area (Å²) < 4.78 is 33.8. The second kappa shape index (κ2) is 9.28. The van der Waals surface area contributed by atoms with Crippen molar-refractivity contribution in [1.82, 2.24) is 5.32 Å². The van der Waals surface area contributed by atoms with E-state index in [1.165, 1.54) is 18.2 Å². The van der Waals surface area contributed by atoms with Crippen LogP contribution in [0.25, 0.3) is 0 Å². The lowest BCUT2D eigenvalue weighted by molar-refractivity contribution is 0.00964. The molecule has 0 saturated heterocycles. The minimum absolute atomic E-state index is 0.0360. The van der Waals surface area contributed by atoms with Gasteiger partial charge in [0.25, 0.3) is 0 Å². The molecule has 0 heterocycles. The molecule has 1 aliphatic rings. The van der Waals surface area contributed by atoms with E-state index >= 15 is 0 Å². The van der Waals surface area contributed by atoms with Gasteiger partial charge in [0.05, 0.1) is 12.7 Å². The standard InChI is InChI=1S/C20H21BrF2N2O2/c21-13-3-1-4-15(11-13)25-20(26)24-14-7-9-16(10-8-14)27-12-17-18(22)5-2-6-19(17)23/h1-6,11,14,16H,7-10,12H2,(H2,24,25,26). The zero-order valence-corrected chi connectivity index (χ0v) is 16.3. The molecule has 0 bridgehead atoms. The number of halogens is 3. The molecule has 0 aromatic heterocycles. The highest BCUT2D eigenvalue weighted by Gasteiger charge is 2.23. The Labute approximate surface area is 165 Å². The van der Waals surface area contributed by atoms with Crippen molar-refractivity contribution in [3.63, 3.8) is 0 Å². The van der Waals surface area contributed by atoms with E-state index in [1.807, 2.05) is 24.3 Å². The van der Waals surface area contributed by atoms with E-state index in [1.54, 1.807) is 0 Å². The van der Waals surface area contributed by atoms with Crippen LogP contribution in [0.2, 0.25) is 0 Å². The van der Waals surface area contributed by atoms with Crippen LogP contribution >= 0.6 is 15.9 Å². The topological polar surface area (TPSA) is 50.4 Å². The van der Waals surface area contributed by atoms with Crippen molar-refractivity contribution in [2.45, 2.75) is 44.4 Å². The van der Waals surface area contributed by atoms with Gasteiger partial charge in [-0.3, -0.25) is 0 Å². The molecule has 1 fully saturated rings. The summed E-state index contributed by atoms with van der Waals surface area (Å²) in [6, 6.07) is 11.0. The summed E-state index contributed by atoms with van der Waals surface area (Å²) in [4.78, 5) is 12.1. The van der Waals surface area contributed by atoms with Crippen molar-refractivity contribution >= 4 is 27.6 Å². The molecule has 0 spiro atoms. The van der Waals surface area contributed by atoms with E-state index in [2.05, 4.69) is 26.6 Å². The molecule has 0 atom stereocenters. The van der Waals surface area contributed by atoms with E-state index in [0.717, 1.165) is 30.2 Å². The molecule has 0 aliphatic heterocycles. The second-order valence-corrected chi connectivity index (χ2v) is 7.51. The van der Waals surface area contributed by atoms with Crippen LogP contribution in [0.5, 0.6) is 0 Å². The van der Waals surface area contributed by atoms with Crippen LogP contribution in [0, 0.1) is 11.6 Å². The number of urea groups is 1. The van der Waals surface area contributed by atoms with E-state index in [9.17, 15) is 13.6 Å². The van der Waals surface area contributed by atoms with Crippen molar-refractivity contribution < 1.29 is 18.3 Å². The third-order valence-electron chi connectivity index (χ3n) is 4.62. The number of benzene rings is 2. The number of carbonyl (C=O) groups excluding carboxylic acids is 1. The molecule has 2 amide bonds. The van der Waals surface area contributed by atoms with Crippen molar-refractivity contribution in [3.05, 3.63) is 64.1 Å². The van der Waals surface area contributed by atoms with E-state index in [4.69, 9.17) is 4.74 Å². The molecule has 0 unspecified atom stereocenters. The smallest absolute Gasteiger partial charge is 0.319 e. The fourth-order valence-electron chi connectivity index (χ4n) is 3.16. The lowest BCUT2D eigenvalue weighted by Crippen LogP contribution is -2.41. The van der Waals surface area contributed by atoms with Crippen LogP contribution < -0.4 is 10.6 Å². The first-order valence-corrected chi connectivity index (χ1v) is 9.68. The maximum atomic E-state index is 13.6. The van der Waals surface area contributed by atoms with Crippen LogP contribution in [0.15, 0.2) is 46.9 Å². The molecule has 2 aromatic rings. The van der Waals surface area contributed by atoms with Gasteiger partial charge in [-0.05, 0) is 56.0 Å². The quantitative estimate of drug-likeness (QED) is 0.658. The van der Waals surface area contributed by atoms with Crippen LogP contribution in [0.1, 0.15) is 31.2 Å². The summed E-state index contributed by atoms with van der Waals surface area (Å²) in [5, 5.41) is 5.76. The fraction of sp³-hybridized carbons (Fsp3) is 0.350. The normalized spacial score (nSPS) is 19.5. The maximum absolute atomic E-state index is 13.6. The Morgan fingerprint density at radius 2 is 1.74 bits per heavy atom. The van der Waals surface area contributed by atoms with Gasteiger partial charge in [-0.25, -0.2) is 13.6 Å². The average molecular weight is 439 g/mol. The zero-order chi connectivity index (χ0) is 19.2. The predicted molar refractivity (Wildman–Crippen MR) is 103 cm³/mol. The predicted octanol–water partition coefficient (Wildman–Crippen LogP) is 5.38. The first-order chi connectivity index (χ1) is 13.0. The van der Waals surface area contributed by atoms with Gasteiger partial charge < -0.3 is 15.4 Å². The molecular formula is C20H21BrF2N2O2. The number of rotatable bonds is 5. The van der Waals surface area contributed by atoms with Crippen LogP contribution in [-0.2, 0) is 11.3 Å². The third-order valence-corrected chi connectivity index (χ3v) is 5.11. The molecule has 4 nitrogen and oxygen atoms in total. The van der Waals surface area contributed by atoms with Crippen molar-refractivity contribution in [2.75, 3.05) is 5.32 Å². The summed E-state index contributed by atoms with van der Waals surface area (Å²) in [6.07, 6.45) is 2.93. The largest absolute Gasteiger partial charge is 0.373 e. The molecule has 2 aromatic carbocycles. The molecule has 2 N–H and O–H groups in total. The number of nitrogens with one attached hydrogen (secondary N) is 2. The van der Waals surface area contributed by atoms with Crippen molar-refractivity contribution in [1.29, 1.82) is 0 Å². The molecule has 1 aliphatic carbocycles. The molecule has 144 valence electrons. The van der Waals surface area contributed by atoms with E-state index < -0.39 is 11.6 Å². The van der Waals surface area contributed by atoms with Gasteiger partial charge in [-0.15, -0.1) is 0 Å². The van der Waals surface area contributed by atoms with Gasteiger partial charge in [0.1, 0.15) is 11.6 Å². The monoisotopic (exact) mass is 438 g/mol. The highest BCUT2D eigenvalue weighted by atomic mass is 79.9. The molecule has 3 rings (SSSR count). The van der Waals surface area contributed by atoms with Crippen LogP contribution in [0.4, 0.5) is 19.3 Å². The fourth-order valence-corrected chi connectivity index (χ4v) is 3.56. The highest BCUT2D eigenvalue weighted by molar-refractivity contribution is 9.10. The number of hydrogen-bond acceptors (Lipinski definition) is 2. The Hall–Kier alpha value is -1.99. The molecule has 27 heavy (non-hydrogen) atoms. The number of ether oxygens (including phenoxy) is 1. The number of amides is 2. The van der Waals surface area contributed by atoms with E-state index in [0.29, 0.717) is 5.69 Å². The van der Waals surface area contributed by atoms with Gasteiger partial charge >= 0.3 is 6.03 Å². The van der Waals surface area contributed by atoms with Crippen molar-refractivity contribution in [2.24, 2.45) is 0 Å². The Kier molecular flexibility index (Phi) is 6.79. The molecular weight excluding hydrogens is 418 g/mol. The summed E-state index contributed by atoms with van der Waals surface area (Å²) in [6.45, 7) is -0.0787. The SMILES string of the molecule is O=C(Nc1cccc(Br)c1)NC1CCC(OCc2c(F)cccc2F)CC1.